The fraction of sp³-hybridized carbons (Fsp3) is 0.500. The second kappa shape index (κ2) is 8.47. The molecule has 0 radical (unpaired) electrons. The summed E-state index contributed by atoms with van der Waals surface area (Å²) in [7, 11) is 1.21. The zero-order valence-electron chi connectivity index (χ0n) is 13.6. The average molecular weight is 350 g/mol. The molecule has 1 aromatic carbocycles. The summed E-state index contributed by atoms with van der Waals surface area (Å²) >= 11 is 0. The van der Waals surface area contributed by atoms with Crippen molar-refractivity contribution in [2.45, 2.75) is 25.2 Å². The molecule has 0 aromatic heterocycles. The second-order valence-electron chi connectivity index (χ2n) is 5.10. The van der Waals surface area contributed by atoms with E-state index in [1.807, 2.05) is 13.8 Å². The van der Waals surface area contributed by atoms with E-state index in [2.05, 4.69) is 10.6 Å². The highest BCUT2D eigenvalue weighted by molar-refractivity contribution is 7.89. The summed E-state index contributed by atoms with van der Waals surface area (Å²) in [4.78, 5) is 12.0. The van der Waals surface area contributed by atoms with Crippen LogP contribution in [0.4, 0.5) is 5.69 Å². The van der Waals surface area contributed by atoms with Gasteiger partial charge in [-0.1, -0.05) is 0 Å². The van der Waals surface area contributed by atoms with E-state index < -0.39 is 10.0 Å². The van der Waals surface area contributed by atoms with Gasteiger partial charge in [0, 0.05) is 32.7 Å². The standard InChI is InChI=1S/C14H23N3O3S.ClH/c1-10-8-12(21(19,20)17(4)5)9-13(11(10)2)16-14(18)6-7-15-3;/h8-9,15H,6-7H2,1-5H3,(H,16,18);1H. The SMILES string of the molecule is CNCCC(=O)Nc1cc(S(=O)(=O)N(C)C)cc(C)c1C.Cl. The van der Waals surface area contributed by atoms with Gasteiger partial charge in [-0.05, 0) is 44.2 Å². The zero-order valence-corrected chi connectivity index (χ0v) is 15.2. The number of amides is 1. The van der Waals surface area contributed by atoms with E-state index >= 15 is 0 Å². The van der Waals surface area contributed by atoms with E-state index in [1.54, 1.807) is 13.1 Å². The number of anilines is 1. The molecule has 0 aliphatic carbocycles. The van der Waals surface area contributed by atoms with Gasteiger partial charge in [0.1, 0.15) is 0 Å². The first-order chi connectivity index (χ1) is 9.70. The van der Waals surface area contributed by atoms with Crippen LogP contribution < -0.4 is 10.6 Å². The van der Waals surface area contributed by atoms with Crippen LogP contribution in [0.15, 0.2) is 17.0 Å². The van der Waals surface area contributed by atoms with Crippen molar-refractivity contribution in [1.82, 2.24) is 9.62 Å². The van der Waals surface area contributed by atoms with Crippen molar-refractivity contribution >= 4 is 34.0 Å². The van der Waals surface area contributed by atoms with Gasteiger partial charge in [-0.3, -0.25) is 4.79 Å². The molecule has 0 atom stereocenters. The summed E-state index contributed by atoms with van der Waals surface area (Å²) in [5, 5.41) is 5.67. The third kappa shape index (κ3) is 4.95. The lowest BCUT2D eigenvalue weighted by molar-refractivity contribution is -0.116. The predicted molar refractivity (Wildman–Crippen MR) is 91.2 cm³/mol. The Hall–Kier alpha value is -1.15. The first-order valence-electron chi connectivity index (χ1n) is 6.68. The maximum atomic E-state index is 12.2. The van der Waals surface area contributed by atoms with Gasteiger partial charge in [0.15, 0.2) is 0 Å². The number of nitrogens with zero attached hydrogens (tertiary/aromatic N) is 1. The minimum atomic E-state index is -3.52. The quantitative estimate of drug-likeness (QED) is 0.816. The van der Waals surface area contributed by atoms with Gasteiger partial charge in [-0.25, -0.2) is 12.7 Å². The number of halogens is 1. The van der Waals surface area contributed by atoms with Crippen molar-refractivity contribution in [3.8, 4) is 0 Å². The molecule has 0 saturated heterocycles. The van der Waals surface area contributed by atoms with E-state index in [9.17, 15) is 13.2 Å². The Bertz CT molecular complexity index is 630. The molecule has 1 aromatic rings. The smallest absolute Gasteiger partial charge is 0.242 e. The van der Waals surface area contributed by atoms with Crippen molar-refractivity contribution in [2.24, 2.45) is 0 Å². The van der Waals surface area contributed by atoms with E-state index in [0.717, 1.165) is 15.4 Å². The topological polar surface area (TPSA) is 78.5 Å². The Labute approximate surface area is 138 Å². The van der Waals surface area contributed by atoms with Gasteiger partial charge < -0.3 is 10.6 Å². The van der Waals surface area contributed by atoms with Crippen LogP contribution in [0.2, 0.25) is 0 Å². The molecule has 6 nitrogen and oxygen atoms in total. The number of sulfonamides is 1. The van der Waals surface area contributed by atoms with Gasteiger partial charge >= 0.3 is 0 Å². The average Bonchev–Trinajstić information content (AvgIpc) is 2.40. The minimum absolute atomic E-state index is 0. The van der Waals surface area contributed by atoms with Gasteiger partial charge in [0.05, 0.1) is 4.90 Å². The molecule has 0 aliphatic heterocycles. The monoisotopic (exact) mass is 349 g/mol. The lowest BCUT2D eigenvalue weighted by Crippen LogP contribution is -2.23. The van der Waals surface area contributed by atoms with E-state index in [0.29, 0.717) is 18.7 Å². The second-order valence-corrected chi connectivity index (χ2v) is 7.25. The van der Waals surface area contributed by atoms with Crippen molar-refractivity contribution in [3.63, 3.8) is 0 Å². The molecule has 0 fully saturated rings. The summed E-state index contributed by atoms with van der Waals surface area (Å²) in [6, 6.07) is 3.13. The van der Waals surface area contributed by atoms with E-state index in [4.69, 9.17) is 0 Å². The molecule has 126 valence electrons. The first kappa shape index (κ1) is 20.9. The van der Waals surface area contributed by atoms with Crippen LogP contribution in [0.1, 0.15) is 17.5 Å². The molecular weight excluding hydrogens is 326 g/mol. The third-order valence-electron chi connectivity index (χ3n) is 3.30. The molecule has 0 spiro atoms. The van der Waals surface area contributed by atoms with Gasteiger partial charge in [-0.2, -0.15) is 0 Å². The molecular formula is C14H24ClN3O3S. The molecule has 22 heavy (non-hydrogen) atoms. The zero-order chi connectivity index (χ0) is 16.2. The maximum Gasteiger partial charge on any atom is 0.242 e. The Balaban J connectivity index is 0.00000441. The van der Waals surface area contributed by atoms with Gasteiger partial charge in [0.25, 0.3) is 0 Å². The number of hydrogen-bond donors (Lipinski definition) is 2. The number of nitrogens with one attached hydrogen (secondary N) is 2. The minimum Gasteiger partial charge on any atom is -0.326 e. The molecule has 2 N–H and O–H groups in total. The van der Waals surface area contributed by atoms with E-state index in [1.165, 1.54) is 20.2 Å². The van der Waals surface area contributed by atoms with Crippen LogP contribution in [0.5, 0.6) is 0 Å². The van der Waals surface area contributed by atoms with Crippen molar-refractivity contribution in [1.29, 1.82) is 0 Å². The normalized spacial score (nSPS) is 11.2. The van der Waals surface area contributed by atoms with Gasteiger partial charge in [-0.15, -0.1) is 12.4 Å². The van der Waals surface area contributed by atoms with Crippen LogP contribution in [-0.2, 0) is 14.8 Å². The van der Waals surface area contributed by atoms with Gasteiger partial charge in [0.2, 0.25) is 15.9 Å². The molecule has 1 amide bonds. The Morgan fingerprint density at radius 3 is 2.32 bits per heavy atom. The number of carbonyl (C=O) groups excluding carboxylic acids is 1. The summed E-state index contributed by atoms with van der Waals surface area (Å²) in [6.45, 7) is 4.25. The molecule has 0 unspecified atom stereocenters. The van der Waals surface area contributed by atoms with Crippen molar-refractivity contribution in [3.05, 3.63) is 23.3 Å². The number of rotatable bonds is 6. The van der Waals surface area contributed by atoms with Crippen LogP contribution in [0.25, 0.3) is 0 Å². The Morgan fingerprint density at radius 2 is 1.82 bits per heavy atom. The summed E-state index contributed by atoms with van der Waals surface area (Å²) in [6.07, 6.45) is 0.333. The number of benzene rings is 1. The lowest BCUT2D eigenvalue weighted by Gasteiger charge is -2.16. The fourth-order valence-corrected chi connectivity index (χ4v) is 2.78. The Morgan fingerprint density at radius 1 is 1.23 bits per heavy atom. The number of hydrogen-bond acceptors (Lipinski definition) is 4. The molecule has 0 bridgehead atoms. The highest BCUT2D eigenvalue weighted by atomic mass is 35.5. The first-order valence-corrected chi connectivity index (χ1v) is 8.12. The Kier molecular flexibility index (Phi) is 8.03. The third-order valence-corrected chi connectivity index (χ3v) is 5.09. The molecule has 8 heteroatoms. The summed E-state index contributed by atoms with van der Waals surface area (Å²) in [5.41, 5.74) is 2.23. The molecule has 0 aliphatic rings. The number of aryl methyl sites for hydroxylation is 1. The lowest BCUT2D eigenvalue weighted by atomic mass is 10.1. The van der Waals surface area contributed by atoms with Crippen LogP contribution in [-0.4, -0.2) is 46.3 Å². The highest BCUT2D eigenvalue weighted by Crippen LogP contribution is 2.25. The molecule has 0 heterocycles. The van der Waals surface area contributed by atoms with Crippen LogP contribution in [0.3, 0.4) is 0 Å². The number of carbonyl (C=O) groups is 1. The van der Waals surface area contributed by atoms with E-state index in [-0.39, 0.29) is 23.2 Å². The van der Waals surface area contributed by atoms with Crippen molar-refractivity contribution < 1.29 is 13.2 Å². The molecule has 1 rings (SSSR count). The molecule has 0 saturated carbocycles. The maximum absolute atomic E-state index is 12.2. The largest absolute Gasteiger partial charge is 0.326 e. The fourth-order valence-electron chi connectivity index (χ4n) is 1.77. The highest BCUT2D eigenvalue weighted by Gasteiger charge is 2.20. The van der Waals surface area contributed by atoms with Crippen LogP contribution in [0, 0.1) is 13.8 Å². The van der Waals surface area contributed by atoms with Crippen molar-refractivity contribution in [2.75, 3.05) is 33.0 Å². The summed E-state index contributed by atoms with van der Waals surface area (Å²) < 4.78 is 25.6. The predicted octanol–water partition coefficient (Wildman–Crippen LogP) is 1.52. The van der Waals surface area contributed by atoms with Crippen LogP contribution >= 0.6 is 12.4 Å². The summed E-state index contributed by atoms with van der Waals surface area (Å²) in [5.74, 6) is -0.147.